The average Bonchev–Trinajstić information content (AvgIpc) is 3.46. The van der Waals surface area contributed by atoms with Gasteiger partial charge in [-0.05, 0) is 91.9 Å². The van der Waals surface area contributed by atoms with Crippen LogP contribution in [0.2, 0.25) is 0 Å². The lowest BCUT2D eigenvalue weighted by molar-refractivity contribution is -0.127. The number of primary amides is 1. The molecule has 3 heterocycles. The highest BCUT2D eigenvalue weighted by Crippen LogP contribution is 2.40. The zero-order valence-electron chi connectivity index (χ0n) is 24.6. The number of nitrogens with two attached hydrogens (primary N) is 1. The minimum Gasteiger partial charge on any atom is -0.508 e. The Morgan fingerprint density at radius 3 is 2.18 bits per heavy atom. The average molecular weight is 610 g/mol. The number of hydrogen-bond donors (Lipinski definition) is 4. The van der Waals surface area contributed by atoms with E-state index in [1.165, 1.54) is 30.3 Å². The Morgan fingerprint density at radius 2 is 1.58 bits per heavy atom. The molecule has 1 aromatic heterocycles. The number of carbonyl (C=O) groups excluding carboxylic acids is 2. The molecule has 0 bridgehead atoms. The van der Waals surface area contributed by atoms with Crippen molar-refractivity contribution >= 4 is 23.6 Å². The quantitative estimate of drug-likeness (QED) is 0.205. The predicted molar refractivity (Wildman–Crippen MR) is 169 cm³/mol. The van der Waals surface area contributed by atoms with E-state index in [0.29, 0.717) is 41.8 Å². The van der Waals surface area contributed by atoms with Crippen molar-refractivity contribution < 1.29 is 29.3 Å². The Balaban J connectivity index is 0.000000342. The predicted octanol–water partition coefficient (Wildman–Crippen LogP) is 5.31. The van der Waals surface area contributed by atoms with Crippen LogP contribution in [0.5, 0.6) is 17.2 Å². The molecule has 0 aliphatic carbocycles. The third-order valence-electron chi connectivity index (χ3n) is 7.99. The van der Waals surface area contributed by atoms with Gasteiger partial charge in [-0.25, -0.2) is 9.48 Å². The second kappa shape index (κ2) is 13.8. The molecule has 2 amide bonds. The molecular formula is C34H35N5O6. The second-order valence-corrected chi connectivity index (χ2v) is 10.8. The number of likely N-dealkylation sites (tertiary alicyclic amines) is 1. The molecule has 4 aromatic rings. The van der Waals surface area contributed by atoms with Gasteiger partial charge in [-0.2, -0.15) is 5.10 Å². The fourth-order valence-electron chi connectivity index (χ4n) is 5.72. The number of nitrogens with one attached hydrogen (secondary N) is 1. The minimum atomic E-state index is -0.986. The molecule has 11 nitrogen and oxygen atoms in total. The summed E-state index contributed by atoms with van der Waals surface area (Å²) < 4.78 is 7.84. The fourth-order valence-corrected chi connectivity index (χ4v) is 5.72. The molecule has 45 heavy (non-hydrogen) atoms. The molecule has 5 N–H and O–H groups in total. The third kappa shape index (κ3) is 7.15. The highest BCUT2D eigenvalue weighted by atomic mass is 16.5. The van der Waals surface area contributed by atoms with Crippen LogP contribution in [0.25, 0.3) is 11.3 Å². The van der Waals surface area contributed by atoms with E-state index in [2.05, 4.69) is 11.9 Å². The van der Waals surface area contributed by atoms with E-state index in [0.717, 1.165) is 37.1 Å². The van der Waals surface area contributed by atoms with Crippen LogP contribution in [0.4, 0.5) is 5.82 Å². The highest BCUT2D eigenvalue weighted by Gasteiger charge is 2.35. The van der Waals surface area contributed by atoms with Crippen molar-refractivity contribution in [2.24, 2.45) is 11.7 Å². The number of phenolic OH excluding ortho intramolecular Hbond substituents is 1. The SMILES string of the molecule is C=CC(=O)N1CCC([C@@H]2CCNc3c(C(N)=O)c(-c4ccc(Oc5ccccc5)cc4)nn32)CC1.O=C(O)c1ccc(O)cc1. The zero-order chi connectivity index (χ0) is 31.9. The van der Waals surface area contributed by atoms with Crippen LogP contribution >= 0.6 is 0 Å². The first-order valence-electron chi connectivity index (χ1n) is 14.7. The summed E-state index contributed by atoms with van der Waals surface area (Å²) in [4.78, 5) is 36.6. The number of ether oxygens (including phenoxy) is 1. The monoisotopic (exact) mass is 609 g/mol. The number of aromatic carboxylic acids is 1. The van der Waals surface area contributed by atoms with Gasteiger partial charge in [-0.1, -0.05) is 24.8 Å². The topological polar surface area (TPSA) is 160 Å². The summed E-state index contributed by atoms with van der Waals surface area (Å²) >= 11 is 0. The molecule has 2 aliphatic heterocycles. The molecule has 1 saturated heterocycles. The molecule has 1 fully saturated rings. The highest BCUT2D eigenvalue weighted by molar-refractivity contribution is 6.04. The number of fused-ring (bicyclic) bond motifs is 1. The Hall–Kier alpha value is -5.58. The number of piperidine rings is 1. The van der Waals surface area contributed by atoms with Crippen molar-refractivity contribution in [3.63, 3.8) is 0 Å². The van der Waals surface area contributed by atoms with Gasteiger partial charge in [0.2, 0.25) is 5.91 Å². The number of nitrogens with zero attached hydrogens (tertiary/aromatic N) is 3. The molecular weight excluding hydrogens is 574 g/mol. The van der Waals surface area contributed by atoms with Crippen LogP contribution < -0.4 is 15.8 Å². The number of aromatic hydroxyl groups is 1. The van der Waals surface area contributed by atoms with Gasteiger partial charge in [0.05, 0.1) is 11.6 Å². The summed E-state index contributed by atoms with van der Waals surface area (Å²) in [6.07, 6.45) is 4.04. The Labute approximate surface area is 260 Å². The Bertz CT molecular complexity index is 1660. The largest absolute Gasteiger partial charge is 0.508 e. The van der Waals surface area contributed by atoms with Crippen LogP contribution in [-0.2, 0) is 4.79 Å². The molecule has 1 atom stereocenters. The lowest BCUT2D eigenvalue weighted by Crippen LogP contribution is -2.41. The van der Waals surface area contributed by atoms with Crippen molar-refractivity contribution in [3.8, 4) is 28.5 Å². The number of amides is 2. The Morgan fingerprint density at radius 1 is 0.933 bits per heavy atom. The molecule has 0 radical (unpaired) electrons. The van der Waals surface area contributed by atoms with Gasteiger partial charge >= 0.3 is 5.97 Å². The number of carboxylic acid groups (broad SMARTS) is 1. The standard InChI is InChI=1S/C27H29N5O3.C7H6O3/c1-2-23(33)31-16-13-18(14-17-31)22-12-15-29-27-24(26(28)34)25(30-32(22)27)19-8-10-21(11-9-19)35-20-6-4-3-5-7-20;8-6-3-1-5(2-4-6)7(9)10/h2-11,18,22,29H,1,12-17H2,(H2,28,34);1-4,8H,(H,9,10)/t22-;/m0./s1. The van der Waals surface area contributed by atoms with Crippen molar-refractivity contribution in [1.29, 1.82) is 0 Å². The number of carbonyl (C=O) groups is 3. The zero-order valence-corrected chi connectivity index (χ0v) is 24.6. The van der Waals surface area contributed by atoms with Crippen LogP contribution in [0, 0.1) is 5.92 Å². The fraction of sp³-hybridized carbons (Fsp3) is 0.235. The summed E-state index contributed by atoms with van der Waals surface area (Å²) in [5, 5.41) is 25.4. The summed E-state index contributed by atoms with van der Waals surface area (Å²) in [6, 6.07) is 22.6. The summed E-state index contributed by atoms with van der Waals surface area (Å²) in [6.45, 7) is 5.74. The minimum absolute atomic E-state index is 0.0217. The maximum Gasteiger partial charge on any atom is 0.335 e. The molecule has 0 spiro atoms. The molecule has 3 aromatic carbocycles. The smallest absolute Gasteiger partial charge is 0.335 e. The lowest BCUT2D eigenvalue weighted by Gasteiger charge is -2.38. The van der Waals surface area contributed by atoms with Gasteiger partial charge < -0.3 is 30.9 Å². The number of aromatic nitrogens is 2. The van der Waals surface area contributed by atoms with E-state index in [4.69, 9.17) is 25.8 Å². The van der Waals surface area contributed by atoms with E-state index in [1.54, 1.807) is 0 Å². The van der Waals surface area contributed by atoms with Crippen LogP contribution in [0.1, 0.15) is 46.0 Å². The second-order valence-electron chi connectivity index (χ2n) is 10.8. The summed E-state index contributed by atoms with van der Waals surface area (Å²) in [5.74, 6) is 1.05. The first-order valence-corrected chi connectivity index (χ1v) is 14.7. The number of rotatable bonds is 7. The third-order valence-corrected chi connectivity index (χ3v) is 7.99. The lowest BCUT2D eigenvalue weighted by atomic mass is 9.87. The van der Waals surface area contributed by atoms with Crippen LogP contribution in [0.3, 0.4) is 0 Å². The Kier molecular flexibility index (Phi) is 9.47. The van der Waals surface area contributed by atoms with Crippen molar-refractivity contribution in [1.82, 2.24) is 14.7 Å². The number of hydrogen-bond acceptors (Lipinski definition) is 7. The van der Waals surface area contributed by atoms with E-state index >= 15 is 0 Å². The van der Waals surface area contributed by atoms with E-state index in [9.17, 15) is 14.4 Å². The molecule has 0 saturated carbocycles. The molecule has 2 aliphatic rings. The van der Waals surface area contributed by atoms with Crippen molar-refractivity contribution in [3.05, 3.63) is 103 Å². The van der Waals surface area contributed by atoms with Crippen LogP contribution in [-0.4, -0.2) is 62.3 Å². The first-order chi connectivity index (χ1) is 21.7. The van der Waals surface area contributed by atoms with Gasteiger partial charge in [0, 0.05) is 25.2 Å². The number of phenols is 1. The van der Waals surface area contributed by atoms with Gasteiger partial charge in [-0.15, -0.1) is 0 Å². The summed E-state index contributed by atoms with van der Waals surface area (Å²) in [5.41, 5.74) is 7.79. The van der Waals surface area contributed by atoms with Crippen molar-refractivity contribution in [2.45, 2.75) is 25.3 Å². The number of carboxylic acids is 1. The number of para-hydroxylation sites is 1. The molecule has 0 unspecified atom stereocenters. The van der Waals surface area contributed by atoms with Gasteiger partial charge in [0.15, 0.2) is 0 Å². The first kappa shape index (κ1) is 30.9. The van der Waals surface area contributed by atoms with Gasteiger partial charge in [-0.3, -0.25) is 9.59 Å². The van der Waals surface area contributed by atoms with E-state index < -0.39 is 11.9 Å². The van der Waals surface area contributed by atoms with E-state index in [-0.39, 0.29) is 23.3 Å². The maximum absolute atomic E-state index is 12.5. The van der Waals surface area contributed by atoms with Crippen molar-refractivity contribution in [2.75, 3.05) is 25.0 Å². The van der Waals surface area contributed by atoms with E-state index in [1.807, 2.05) is 64.2 Å². The van der Waals surface area contributed by atoms with Gasteiger partial charge in [0.25, 0.3) is 5.91 Å². The number of benzene rings is 3. The van der Waals surface area contributed by atoms with Crippen LogP contribution in [0.15, 0.2) is 91.5 Å². The molecule has 6 rings (SSSR count). The summed E-state index contributed by atoms with van der Waals surface area (Å²) in [7, 11) is 0. The maximum atomic E-state index is 12.5. The normalized spacial score (nSPS) is 15.9. The molecule has 11 heteroatoms. The van der Waals surface area contributed by atoms with Gasteiger partial charge in [0.1, 0.15) is 34.3 Å². The number of anilines is 1. The molecule has 232 valence electrons.